The maximum atomic E-state index is 3.21. The molecule has 2 rings (SSSR count). The van der Waals surface area contributed by atoms with Crippen LogP contribution in [0, 0.1) is 19.9 Å². The van der Waals surface area contributed by atoms with Crippen LogP contribution in [0.1, 0.15) is 30.9 Å². The molecule has 0 fully saturated rings. The van der Waals surface area contributed by atoms with Crippen molar-refractivity contribution in [3.05, 3.63) is 53.1 Å². The van der Waals surface area contributed by atoms with Crippen LogP contribution in [0.2, 0.25) is 0 Å². The van der Waals surface area contributed by atoms with E-state index in [4.69, 9.17) is 0 Å². The van der Waals surface area contributed by atoms with Gasteiger partial charge < -0.3 is 0 Å². The summed E-state index contributed by atoms with van der Waals surface area (Å²) in [7, 11) is 0. The monoisotopic (exact) mass is 276 g/mol. The van der Waals surface area contributed by atoms with E-state index in [9.17, 15) is 0 Å². The third-order valence-electron chi connectivity index (χ3n) is 2.46. The molecule has 78 valence electrons. The Labute approximate surface area is 113 Å². The molecule has 0 saturated carbocycles. The van der Waals surface area contributed by atoms with Gasteiger partial charge in [-0.1, -0.05) is 27.2 Å². The Balaban J connectivity index is 0.000000245. The second-order valence-electron chi connectivity index (χ2n) is 3.55. The van der Waals surface area contributed by atoms with Crippen molar-refractivity contribution in [2.75, 3.05) is 0 Å². The third-order valence-corrected chi connectivity index (χ3v) is 2.46. The molecule has 0 atom stereocenters. The van der Waals surface area contributed by atoms with Crippen LogP contribution in [0.3, 0.4) is 0 Å². The zero-order chi connectivity index (χ0) is 10.4. The Kier molecular flexibility index (Phi) is 7.78. The molecule has 1 aromatic carbocycles. The summed E-state index contributed by atoms with van der Waals surface area (Å²) in [5.74, 6) is 0. The SMILES string of the molecule is CCC1=[C-]CC=C1.Cc1ccc[c-]1C.[Zr+2]. The third kappa shape index (κ3) is 5.37. The summed E-state index contributed by atoms with van der Waals surface area (Å²) in [6.07, 6.45) is 9.65. The van der Waals surface area contributed by atoms with Crippen molar-refractivity contribution in [3.63, 3.8) is 0 Å². The van der Waals surface area contributed by atoms with Gasteiger partial charge in [0.25, 0.3) is 0 Å². The van der Waals surface area contributed by atoms with Crippen molar-refractivity contribution in [2.45, 2.75) is 33.6 Å². The maximum Gasteiger partial charge on any atom is 2.00 e. The van der Waals surface area contributed by atoms with E-state index in [1.54, 1.807) is 0 Å². The van der Waals surface area contributed by atoms with Crippen molar-refractivity contribution in [2.24, 2.45) is 0 Å². The summed E-state index contributed by atoms with van der Waals surface area (Å²) >= 11 is 0. The van der Waals surface area contributed by atoms with Gasteiger partial charge in [0, 0.05) is 0 Å². The van der Waals surface area contributed by atoms with Gasteiger partial charge in [-0.2, -0.15) is 23.3 Å². The predicted octanol–water partition coefficient (Wildman–Crippen LogP) is 4.11. The maximum absolute atomic E-state index is 3.21. The molecule has 0 radical (unpaired) electrons. The van der Waals surface area contributed by atoms with Gasteiger partial charge in [0.2, 0.25) is 0 Å². The van der Waals surface area contributed by atoms with Crippen molar-refractivity contribution < 1.29 is 26.2 Å². The number of allylic oxidation sites excluding steroid dienone is 4. The van der Waals surface area contributed by atoms with Gasteiger partial charge in [-0.05, 0) is 0 Å². The van der Waals surface area contributed by atoms with E-state index >= 15 is 0 Å². The quantitative estimate of drug-likeness (QED) is 0.678. The molecule has 0 spiro atoms. The molecular weight excluding hydrogens is 259 g/mol. The topological polar surface area (TPSA) is 0 Å². The molecule has 0 saturated heterocycles. The summed E-state index contributed by atoms with van der Waals surface area (Å²) in [4.78, 5) is 0. The molecule has 0 aromatic heterocycles. The molecule has 0 aliphatic heterocycles. The van der Waals surface area contributed by atoms with E-state index in [1.165, 1.54) is 16.7 Å². The van der Waals surface area contributed by atoms with E-state index in [0.29, 0.717) is 0 Å². The normalized spacial score (nSPS) is 12.6. The number of rotatable bonds is 1. The van der Waals surface area contributed by atoms with Gasteiger partial charge in [0.15, 0.2) is 0 Å². The van der Waals surface area contributed by atoms with Crippen LogP contribution in [0.15, 0.2) is 35.9 Å². The molecular formula is C14H18Zr. The van der Waals surface area contributed by atoms with Crippen molar-refractivity contribution >= 4 is 0 Å². The Morgan fingerprint density at radius 3 is 2.40 bits per heavy atom. The van der Waals surface area contributed by atoms with E-state index in [2.05, 4.69) is 57.2 Å². The summed E-state index contributed by atoms with van der Waals surface area (Å²) in [6.45, 7) is 6.39. The summed E-state index contributed by atoms with van der Waals surface area (Å²) < 4.78 is 0. The van der Waals surface area contributed by atoms with Crippen molar-refractivity contribution in [1.82, 2.24) is 0 Å². The Bertz CT molecular complexity index is 312. The van der Waals surface area contributed by atoms with Gasteiger partial charge in [0.1, 0.15) is 0 Å². The average Bonchev–Trinajstić information content (AvgIpc) is 2.80. The summed E-state index contributed by atoms with van der Waals surface area (Å²) in [5.41, 5.74) is 4.14. The van der Waals surface area contributed by atoms with Crippen LogP contribution in [0.25, 0.3) is 0 Å². The van der Waals surface area contributed by atoms with Crippen LogP contribution in [0.4, 0.5) is 0 Å². The smallest absolute Gasteiger partial charge is 0.270 e. The Morgan fingerprint density at radius 1 is 1.47 bits per heavy atom. The molecule has 0 bridgehead atoms. The van der Waals surface area contributed by atoms with Gasteiger partial charge in [0.05, 0.1) is 0 Å². The second kappa shape index (κ2) is 7.93. The molecule has 1 heteroatoms. The first-order chi connectivity index (χ1) is 6.74. The van der Waals surface area contributed by atoms with Crippen molar-refractivity contribution in [1.29, 1.82) is 0 Å². The fourth-order valence-corrected chi connectivity index (χ4v) is 1.29. The number of hydrogen-bond donors (Lipinski definition) is 0. The van der Waals surface area contributed by atoms with Gasteiger partial charge in [-0.15, -0.1) is 6.42 Å². The van der Waals surface area contributed by atoms with Gasteiger partial charge >= 0.3 is 26.2 Å². The van der Waals surface area contributed by atoms with Crippen LogP contribution < -0.4 is 0 Å². The fourth-order valence-electron chi connectivity index (χ4n) is 1.29. The first-order valence-corrected chi connectivity index (χ1v) is 5.19. The van der Waals surface area contributed by atoms with E-state index in [0.717, 1.165) is 12.8 Å². The molecule has 1 aliphatic carbocycles. The Hall–Kier alpha value is -0.287. The minimum atomic E-state index is 0. The average molecular weight is 278 g/mol. The van der Waals surface area contributed by atoms with Crippen molar-refractivity contribution in [3.8, 4) is 0 Å². The van der Waals surface area contributed by atoms with Crippen LogP contribution in [-0.4, -0.2) is 0 Å². The Morgan fingerprint density at radius 2 is 2.20 bits per heavy atom. The predicted molar refractivity (Wildman–Crippen MR) is 62.3 cm³/mol. The molecule has 0 nitrogen and oxygen atoms in total. The first-order valence-electron chi connectivity index (χ1n) is 5.19. The van der Waals surface area contributed by atoms with E-state index in [-0.39, 0.29) is 26.2 Å². The molecule has 1 aromatic rings. The minimum Gasteiger partial charge on any atom is -0.270 e. The molecule has 15 heavy (non-hydrogen) atoms. The van der Waals surface area contributed by atoms with Gasteiger partial charge in [-0.25, -0.2) is 23.8 Å². The largest absolute Gasteiger partial charge is 2.00 e. The van der Waals surface area contributed by atoms with Gasteiger partial charge in [-0.3, -0.25) is 6.08 Å². The number of aryl methyl sites for hydroxylation is 2. The molecule has 0 N–H and O–H groups in total. The fraction of sp³-hybridized carbons (Fsp3) is 0.357. The molecule has 0 heterocycles. The summed E-state index contributed by atoms with van der Waals surface area (Å²) in [6, 6.07) is 6.31. The first kappa shape index (κ1) is 14.7. The molecule has 1 aliphatic rings. The minimum absolute atomic E-state index is 0. The zero-order valence-electron chi connectivity index (χ0n) is 9.80. The molecule has 0 amide bonds. The molecule has 0 unspecified atom stereocenters. The standard InChI is InChI=1S/2C7H9.Zr/c1-6-4-3-5-7(6)2;1-2-7-5-3-4-6-7;/h3-5H,1-2H3;3,5H,2,4H2,1H3;/q2*-1;+2. The van der Waals surface area contributed by atoms with Crippen LogP contribution in [0.5, 0.6) is 0 Å². The van der Waals surface area contributed by atoms with Crippen LogP contribution in [-0.2, 0) is 26.2 Å². The second-order valence-corrected chi connectivity index (χ2v) is 3.55. The van der Waals surface area contributed by atoms with E-state index < -0.39 is 0 Å². The van der Waals surface area contributed by atoms with E-state index in [1.807, 2.05) is 0 Å². The number of hydrogen-bond acceptors (Lipinski definition) is 0. The zero-order valence-corrected chi connectivity index (χ0v) is 12.3. The summed E-state index contributed by atoms with van der Waals surface area (Å²) in [5, 5.41) is 0. The van der Waals surface area contributed by atoms with Crippen LogP contribution >= 0.6 is 0 Å².